The molecule has 1 aromatic rings. The summed E-state index contributed by atoms with van der Waals surface area (Å²) < 4.78 is 10.3. The van der Waals surface area contributed by atoms with Crippen molar-refractivity contribution in [3.8, 4) is 11.5 Å². The Hall–Kier alpha value is -2.01. The van der Waals surface area contributed by atoms with Gasteiger partial charge in [-0.1, -0.05) is 12.1 Å². The van der Waals surface area contributed by atoms with E-state index in [0.717, 1.165) is 12.1 Å². The first-order chi connectivity index (χ1) is 8.67. The molecule has 0 amide bonds. The van der Waals surface area contributed by atoms with Gasteiger partial charge in [0.2, 0.25) is 0 Å². The Labute approximate surface area is 106 Å². The Morgan fingerprint density at radius 3 is 2.89 bits per heavy atom. The quantitative estimate of drug-likeness (QED) is 0.540. The number of benzene rings is 1. The van der Waals surface area contributed by atoms with Crippen LogP contribution in [0.5, 0.6) is 11.5 Å². The summed E-state index contributed by atoms with van der Waals surface area (Å²) >= 11 is 0. The molecule has 0 fully saturated rings. The number of carbonyl (C=O) groups is 1. The highest BCUT2D eigenvalue weighted by Gasteiger charge is 2.07. The molecule has 1 aromatic carbocycles. The molecule has 0 heterocycles. The molecule has 0 aliphatic heterocycles. The van der Waals surface area contributed by atoms with Gasteiger partial charge in [-0.3, -0.25) is 0 Å². The molecule has 0 saturated heterocycles. The van der Waals surface area contributed by atoms with E-state index in [0.29, 0.717) is 18.0 Å². The van der Waals surface area contributed by atoms with E-state index < -0.39 is 5.97 Å². The number of aliphatic carboxylic acids is 1. The van der Waals surface area contributed by atoms with Crippen molar-refractivity contribution >= 4 is 5.97 Å². The molecule has 18 heavy (non-hydrogen) atoms. The fraction of sp³-hybridized carbons (Fsp3) is 0.308. The van der Waals surface area contributed by atoms with E-state index in [-0.39, 0.29) is 6.61 Å². The van der Waals surface area contributed by atoms with Crippen molar-refractivity contribution in [2.75, 3.05) is 20.3 Å². The molecule has 98 valence electrons. The van der Waals surface area contributed by atoms with Gasteiger partial charge in [0, 0.05) is 13.1 Å². The highest BCUT2D eigenvalue weighted by molar-refractivity contribution is 5.68. The standard InChI is InChI=1S/C13H17NO4/c1-3-6-14-8-10-4-5-11(12(7-10)17-2)18-9-13(15)16/h3-5,7,14H,1,6,8-9H2,2H3,(H,15,16). The van der Waals surface area contributed by atoms with E-state index >= 15 is 0 Å². The van der Waals surface area contributed by atoms with Crippen LogP contribution >= 0.6 is 0 Å². The summed E-state index contributed by atoms with van der Waals surface area (Å²) in [6.07, 6.45) is 1.78. The third-order valence-electron chi connectivity index (χ3n) is 2.20. The number of rotatable bonds is 8. The van der Waals surface area contributed by atoms with Gasteiger partial charge >= 0.3 is 5.97 Å². The first kappa shape index (κ1) is 14.1. The average molecular weight is 251 g/mol. The smallest absolute Gasteiger partial charge is 0.341 e. The number of hydrogen-bond acceptors (Lipinski definition) is 4. The molecule has 5 heteroatoms. The summed E-state index contributed by atoms with van der Waals surface area (Å²) in [6, 6.07) is 5.37. The van der Waals surface area contributed by atoms with Gasteiger partial charge in [-0.05, 0) is 17.7 Å². The van der Waals surface area contributed by atoms with Crippen LogP contribution in [-0.4, -0.2) is 31.3 Å². The van der Waals surface area contributed by atoms with E-state index in [1.807, 2.05) is 12.1 Å². The normalized spacial score (nSPS) is 9.83. The highest BCUT2D eigenvalue weighted by Crippen LogP contribution is 2.27. The molecule has 0 saturated carbocycles. The van der Waals surface area contributed by atoms with Crippen molar-refractivity contribution in [1.29, 1.82) is 0 Å². The third kappa shape index (κ3) is 4.47. The molecule has 0 aliphatic carbocycles. The lowest BCUT2D eigenvalue weighted by molar-refractivity contribution is -0.139. The highest BCUT2D eigenvalue weighted by atomic mass is 16.5. The van der Waals surface area contributed by atoms with Gasteiger partial charge in [0.25, 0.3) is 0 Å². The SMILES string of the molecule is C=CCNCc1ccc(OCC(=O)O)c(OC)c1. The molecule has 0 aromatic heterocycles. The van der Waals surface area contributed by atoms with Crippen molar-refractivity contribution in [1.82, 2.24) is 5.32 Å². The van der Waals surface area contributed by atoms with E-state index in [9.17, 15) is 4.79 Å². The van der Waals surface area contributed by atoms with Crippen molar-refractivity contribution in [3.05, 3.63) is 36.4 Å². The molecule has 2 N–H and O–H groups in total. The first-order valence-electron chi connectivity index (χ1n) is 5.50. The van der Waals surface area contributed by atoms with Gasteiger partial charge in [0.05, 0.1) is 7.11 Å². The van der Waals surface area contributed by atoms with Crippen molar-refractivity contribution in [3.63, 3.8) is 0 Å². The van der Waals surface area contributed by atoms with Crippen LogP contribution in [0.25, 0.3) is 0 Å². The monoisotopic (exact) mass is 251 g/mol. The van der Waals surface area contributed by atoms with E-state index in [2.05, 4.69) is 11.9 Å². The largest absolute Gasteiger partial charge is 0.493 e. The predicted octanol–water partition coefficient (Wildman–Crippen LogP) is 1.43. The van der Waals surface area contributed by atoms with Crippen LogP contribution in [0.1, 0.15) is 5.56 Å². The third-order valence-corrected chi connectivity index (χ3v) is 2.20. The molecular formula is C13H17NO4. The number of carboxylic acid groups (broad SMARTS) is 1. The zero-order chi connectivity index (χ0) is 13.4. The van der Waals surface area contributed by atoms with Gasteiger partial charge in [0.15, 0.2) is 18.1 Å². The summed E-state index contributed by atoms with van der Waals surface area (Å²) in [7, 11) is 1.52. The zero-order valence-corrected chi connectivity index (χ0v) is 10.3. The lowest BCUT2D eigenvalue weighted by Gasteiger charge is -2.11. The predicted molar refractivity (Wildman–Crippen MR) is 68.0 cm³/mol. The molecule has 0 spiro atoms. The minimum absolute atomic E-state index is 0.385. The van der Waals surface area contributed by atoms with Crippen LogP contribution in [0.4, 0.5) is 0 Å². The van der Waals surface area contributed by atoms with Crippen molar-refractivity contribution in [2.24, 2.45) is 0 Å². The average Bonchev–Trinajstić information content (AvgIpc) is 2.37. The number of nitrogens with one attached hydrogen (secondary N) is 1. The fourth-order valence-electron chi connectivity index (χ4n) is 1.40. The molecule has 5 nitrogen and oxygen atoms in total. The molecular weight excluding hydrogens is 234 g/mol. The molecule has 0 unspecified atom stereocenters. The topological polar surface area (TPSA) is 67.8 Å². The van der Waals surface area contributed by atoms with Crippen LogP contribution in [0.15, 0.2) is 30.9 Å². The molecule has 0 atom stereocenters. The second-order valence-corrected chi connectivity index (χ2v) is 3.59. The summed E-state index contributed by atoms with van der Waals surface area (Å²) in [5, 5.41) is 11.7. The lowest BCUT2D eigenvalue weighted by atomic mass is 10.2. The van der Waals surface area contributed by atoms with E-state index in [4.69, 9.17) is 14.6 Å². The number of carboxylic acids is 1. The maximum Gasteiger partial charge on any atom is 0.341 e. The van der Waals surface area contributed by atoms with Crippen LogP contribution in [0.2, 0.25) is 0 Å². The second-order valence-electron chi connectivity index (χ2n) is 3.59. The molecule has 0 bridgehead atoms. The summed E-state index contributed by atoms with van der Waals surface area (Å²) in [6.45, 7) is 4.64. The van der Waals surface area contributed by atoms with Gasteiger partial charge in [-0.2, -0.15) is 0 Å². The van der Waals surface area contributed by atoms with Crippen LogP contribution < -0.4 is 14.8 Å². The minimum atomic E-state index is -1.02. The molecule has 1 rings (SSSR count). The van der Waals surface area contributed by atoms with Gasteiger partial charge < -0.3 is 19.9 Å². The van der Waals surface area contributed by atoms with E-state index in [1.54, 1.807) is 12.1 Å². The van der Waals surface area contributed by atoms with Crippen LogP contribution in [0, 0.1) is 0 Å². The van der Waals surface area contributed by atoms with Crippen LogP contribution in [0.3, 0.4) is 0 Å². The maximum atomic E-state index is 10.4. The fourth-order valence-corrected chi connectivity index (χ4v) is 1.40. The maximum absolute atomic E-state index is 10.4. The summed E-state index contributed by atoms with van der Waals surface area (Å²) in [5.74, 6) is -0.0738. The Balaban J connectivity index is 2.69. The zero-order valence-electron chi connectivity index (χ0n) is 10.3. The number of hydrogen-bond donors (Lipinski definition) is 2. The summed E-state index contributed by atoms with van der Waals surface area (Å²) in [4.78, 5) is 10.4. The Bertz CT molecular complexity index is 417. The first-order valence-corrected chi connectivity index (χ1v) is 5.50. The van der Waals surface area contributed by atoms with Crippen molar-refractivity contribution in [2.45, 2.75) is 6.54 Å². The van der Waals surface area contributed by atoms with Crippen molar-refractivity contribution < 1.29 is 19.4 Å². The minimum Gasteiger partial charge on any atom is -0.493 e. The van der Waals surface area contributed by atoms with E-state index in [1.165, 1.54) is 7.11 Å². The lowest BCUT2D eigenvalue weighted by Crippen LogP contribution is -2.13. The molecule has 0 aliphatic rings. The second kappa shape index (κ2) is 7.34. The molecule has 0 radical (unpaired) electrons. The van der Waals surface area contributed by atoms with Gasteiger partial charge in [-0.25, -0.2) is 4.79 Å². The number of ether oxygens (including phenoxy) is 2. The number of methoxy groups -OCH3 is 1. The van der Waals surface area contributed by atoms with Crippen LogP contribution in [-0.2, 0) is 11.3 Å². The Kier molecular flexibility index (Phi) is 5.73. The Morgan fingerprint density at radius 2 is 2.28 bits per heavy atom. The van der Waals surface area contributed by atoms with Gasteiger partial charge in [0.1, 0.15) is 0 Å². The Morgan fingerprint density at radius 1 is 1.50 bits per heavy atom. The summed E-state index contributed by atoms with van der Waals surface area (Å²) in [5.41, 5.74) is 1.02. The van der Waals surface area contributed by atoms with Gasteiger partial charge in [-0.15, -0.1) is 6.58 Å².